The summed E-state index contributed by atoms with van der Waals surface area (Å²) >= 11 is 0. The van der Waals surface area contributed by atoms with Crippen LogP contribution in [0.2, 0.25) is 0 Å². The molecule has 3 aromatic rings. The Morgan fingerprint density at radius 3 is 2.72 bits per heavy atom. The first-order valence-corrected chi connectivity index (χ1v) is 9.66. The van der Waals surface area contributed by atoms with E-state index in [0.29, 0.717) is 42.0 Å². The summed E-state index contributed by atoms with van der Waals surface area (Å²) in [5, 5.41) is 7.50. The average molecular weight is 391 g/mol. The Balaban J connectivity index is 1.43. The molecule has 7 nitrogen and oxygen atoms in total. The molecular weight excluding hydrogens is 370 g/mol. The minimum absolute atomic E-state index is 0.259. The van der Waals surface area contributed by atoms with Gasteiger partial charge in [-0.1, -0.05) is 6.07 Å². The van der Waals surface area contributed by atoms with Gasteiger partial charge in [0.05, 0.1) is 12.8 Å². The molecule has 148 valence electrons. The van der Waals surface area contributed by atoms with Crippen molar-refractivity contribution in [3.63, 3.8) is 0 Å². The molecule has 1 aliphatic heterocycles. The summed E-state index contributed by atoms with van der Waals surface area (Å²) in [6.45, 7) is 1.03. The Morgan fingerprint density at radius 2 is 1.93 bits per heavy atom. The highest BCUT2D eigenvalue weighted by atomic mass is 16.6. The van der Waals surface area contributed by atoms with Gasteiger partial charge in [0.15, 0.2) is 17.2 Å². The molecule has 2 heterocycles. The van der Waals surface area contributed by atoms with Gasteiger partial charge in [0.25, 0.3) is 5.91 Å². The Labute approximate surface area is 168 Å². The topological polar surface area (TPSA) is 74.6 Å². The molecule has 1 aliphatic carbocycles. The van der Waals surface area contributed by atoms with Crippen molar-refractivity contribution in [1.29, 1.82) is 0 Å². The highest BCUT2D eigenvalue weighted by Crippen LogP contribution is 2.41. The number of carbonyl (C=O) groups excluding carboxylic acids is 1. The van der Waals surface area contributed by atoms with Crippen LogP contribution in [-0.2, 0) is 0 Å². The van der Waals surface area contributed by atoms with Crippen LogP contribution >= 0.6 is 0 Å². The molecule has 2 aliphatic rings. The number of nitrogens with zero attached hydrogens (tertiary/aromatic N) is 2. The molecule has 2 aromatic carbocycles. The van der Waals surface area contributed by atoms with Gasteiger partial charge in [0, 0.05) is 29.4 Å². The Kier molecular flexibility index (Phi) is 4.35. The van der Waals surface area contributed by atoms with E-state index in [2.05, 4.69) is 10.4 Å². The van der Waals surface area contributed by atoms with Gasteiger partial charge in [0.1, 0.15) is 19.0 Å². The first-order chi connectivity index (χ1) is 14.2. The van der Waals surface area contributed by atoms with Crippen LogP contribution in [0.4, 0.5) is 5.69 Å². The van der Waals surface area contributed by atoms with Crippen LogP contribution < -0.4 is 19.5 Å². The second-order valence-corrected chi connectivity index (χ2v) is 7.15. The number of hydrogen-bond acceptors (Lipinski definition) is 5. The van der Waals surface area contributed by atoms with Crippen molar-refractivity contribution in [3.05, 3.63) is 59.9 Å². The van der Waals surface area contributed by atoms with Crippen molar-refractivity contribution in [2.45, 2.75) is 18.8 Å². The van der Waals surface area contributed by atoms with Crippen molar-refractivity contribution in [3.8, 4) is 22.9 Å². The predicted octanol–water partition coefficient (Wildman–Crippen LogP) is 3.78. The van der Waals surface area contributed by atoms with E-state index in [4.69, 9.17) is 14.2 Å². The maximum absolute atomic E-state index is 12.9. The molecule has 1 aromatic heterocycles. The summed E-state index contributed by atoms with van der Waals surface area (Å²) in [7, 11) is 1.64. The lowest BCUT2D eigenvalue weighted by Gasteiger charge is -2.18. The highest BCUT2D eigenvalue weighted by Gasteiger charge is 2.30. The summed E-state index contributed by atoms with van der Waals surface area (Å²) in [6.07, 6.45) is 2.22. The van der Waals surface area contributed by atoms with Crippen molar-refractivity contribution in [2.24, 2.45) is 0 Å². The number of carbonyl (C=O) groups is 1. The summed E-state index contributed by atoms with van der Waals surface area (Å²) in [4.78, 5) is 12.9. The first kappa shape index (κ1) is 17.6. The number of anilines is 1. The number of methoxy groups -OCH3 is 1. The number of nitrogens with one attached hydrogen (secondary N) is 1. The summed E-state index contributed by atoms with van der Waals surface area (Å²) in [6, 6.07) is 14.9. The molecular formula is C22H21N3O4. The van der Waals surface area contributed by atoms with Crippen LogP contribution in [0.5, 0.6) is 17.2 Å². The van der Waals surface area contributed by atoms with Crippen LogP contribution in [-0.4, -0.2) is 36.0 Å². The number of fused-ring (bicyclic) bond motifs is 1. The van der Waals surface area contributed by atoms with E-state index in [0.717, 1.165) is 30.0 Å². The van der Waals surface area contributed by atoms with E-state index in [-0.39, 0.29) is 5.91 Å². The van der Waals surface area contributed by atoms with Crippen LogP contribution in [0, 0.1) is 0 Å². The van der Waals surface area contributed by atoms with Crippen molar-refractivity contribution in [1.82, 2.24) is 9.78 Å². The Morgan fingerprint density at radius 1 is 1.10 bits per heavy atom. The minimum Gasteiger partial charge on any atom is -0.497 e. The van der Waals surface area contributed by atoms with Gasteiger partial charge in [-0.15, -0.1) is 0 Å². The number of rotatable bonds is 5. The van der Waals surface area contributed by atoms with Crippen LogP contribution in [0.25, 0.3) is 5.69 Å². The molecule has 0 bridgehead atoms. The zero-order chi connectivity index (χ0) is 19.8. The SMILES string of the molecule is COc1cccc(-n2nc(C(=O)Nc3ccc4c(c3)OCCO4)cc2C2CC2)c1. The quantitative estimate of drug-likeness (QED) is 0.716. The molecule has 1 amide bonds. The number of ether oxygens (including phenoxy) is 3. The predicted molar refractivity (Wildman–Crippen MR) is 107 cm³/mol. The van der Waals surface area contributed by atoms with Crippen molar-refractivity contribution < 1.29 is 19.0 Å². The number of hydrogen-bond donors (Lipinski definition) is 1. The number of amides is 1. The van der Waals surface area contributed by atoms with Gasteiger partial charge in [0.2, 0.25) is 0 Å². The maximum Gasteiger partial charge on any atom is 0.276 e. The zero-order valence-electron chi connectivity index (χ0n) is 16.1. The standard InChI is InChI=1S/C22H21N3O4/c1-27-17-4-2-3-16(12-17)25-19(14-5-6-14)13-18(24-25)22(26)23-15-7-8-20-21(11-15)29-10-9-28-20/h2-4,7-8,11-14H,5-6,9-10H2,1H3,(H,23,26). The molecule has 7 heteroatoms. The third-order valence-electron chi connectivity index (χ3n) is 5.06. The fraction of sp³-hybridized carbons (Fsp3) is 0.273. The fourth-order valence-electron chi connectivity index (χ4n) is 3.44. The molecule has 1 saturated carbocycles. The molecule has 1 fully saturated rings. The van der Waals surface area contributed by atoms with Gasteiger partial charge in [-0.3, -0.25) is 4.79 Å². The molecule has 1 N–H and O–H groups in total. The monoisotopic (exact) mass is 391 g/mol. The number of benzene rings is 2. The number of aromatic nitrogens is 2. The Hall–Kier alpha value is -3.48. The van der Waals surface area contributed by atoms with Gasteiger partial charge in [-0.05, 0) is 43.2 Å². The van der Waals surface area contributed by atoms with Crippen LogP contribution in [0.1, 0.15) is 34.9 Å². The van der Waals surface area contributed by atoms with Crippen LogP contribution in [0.3, 0.4) is 0 Å². The van der Waals surface area contributed by atoms with E-state index < -0.39 is 0 Å². The zero-order valence-corrected chi connectivity index (χ0v) is 16.1. The van der Waals surface area contributed by atoms with Crippen molar-refractivity contribution in [2.75, 3.05) is 25.6 Å². The average Bonchev–Trinajstić information content (AvgIpc) is 3.51. The maximum atomic E-state index is 12.9. The van der Waals surface area contributed by atoms with Crippen LogP contribution in [0.15, 0.2) is 48.5 Å². The second-order valence-electron chi connectivity index (χ2n) is 7.15. The largest absolute Gasteiger partial charge is 0.497 e. The van der Waals surface area contributed by atoms with E-state index >= 15 is 0 Å². The lowest BCUT2D eigenvalue weighted by molar-refractivity contribution is 0.102. The van der Waals surface area contributed by atoms with Gasteiger partial charge < -0.3 is 19.5 Å². The normalized spacial score (nSPS) is 15.1. The van der Waals surface area contributed by atoms with Gasteiger partial charge in [-0.2, -0.15) is 5.10 Å². The van der Waals surface area contributed by atoms with E-state index in [1.807, 2.05) is 35.0 Å². The first-order valence-electron chi connectivity index (χ1n) is 9.66. The van der Waals surface area contributed by atoms with E-state index in [1.165, 1.54) is 0 Å². The summed E-state index contributed by atoms with van der Waals surface area (Å²) < 4.78 is 18.3. The lowest BCUT2D eigenvalue weighted by Crippen LogP contribution is -2.16. The van der Waals surface area contributed by atoms with E-state index in [9.17, 15) is 4.79 Å². The lowest BCUT2D eigenvalue weighted by atomic mass is 10.2. The van der Waals surface area contributed by atoms with Gasteiger partial charge in [-0.25, -0.2) is 4.68 Å². The second kappa shape index (κ2) is 7.16. The third-order valence-corrected chi connectivity index (χ3v) is 5.06. The molecule has 29 heavy (non-hydrogen) atoms. The third kappa shape index (κ3) is 3.51. The molecule has 0 atom stereocenters. The highest BCUT2D eigenvalue weighted by molar-refractivity contribution is 6.03. The molecule has 0 unspecified atom stereocenters. The molecule has 0 saturated heterocycles. The van der Waals surface area contributed by atoms with E-state index in [1.54, 1.807) is 25.3 Å². The fourth-order valence-corrected chi connectivity index (χ4v) is 3.44. The molecule has 0 radical (unpaired) electrons. The minimum atomic E-state index is -0.259. The Bertz CT molecular complexity index is 1070. The summed E-state index contributed by atoms with van der Waals surface area (Å²) in [5.41, 5.74) is 2.95. The molecule has 0 spiro atoms. The van der Waals surface area contributed by atoms with Gasteiger partial charge >= 0.3 is 0 Å². The molecule has 5 rings (SSSR count). The summed E-state index contributed by atoms with van der Waals surface area (Å²) in [5.74, 6) is 2.25. The van der Waals surface area contributed by atoms with Crippen molar-refractivity contribution >= 4 is 11.6 Å². The smallest absolute Gasteiger partial charge is 0.276 e.